The van der Waals surface area contributed by atoms with Crippen molar-refractivity contribution in [3.8, 4) is 0 Å². The molecule has 0 amide bonds. The number of rotatable bonds is 7. The van der Waals surface area contributed by atoms with Crippen LogP contribution in [0.5, 0.6) is 0 Å². The van der Waals surface area contributed by atoms with Gasteiger partial charge in [-0.15, -0.1) is 0 Å². The SMILES string of the molecule is C[C@@](O)(CCS(=N)(=O)CC[C@H](N)C(=O)O)C(F)(F)F. The summed E-state index contributed by atoms with van der Waals surface area (Å²) in [7, 11) is -3.41. The fourth-order valence-electron chi connectivity index (χ4n) is 1.05. The fraction of sp³-hybridized carbons (Fsp3) is 0.889. The number of hydrogen-bond acceptors (Lipinski definition) is 5. The smallest absolute Gasteiger partial charge is 0.416 e. The molecule has 10 heteroatoms. The molecule has 0 fully saturated rings. The maximum atomic E-state index is 12.3. The minimum absolute atomic E-state index is 0.272. The Balaban J connectivity index is 4.45. The van der Waals surface area contributed by atoms with Gasteiger partial charge in [0.25, 0.3) is 0 Å². The molecule has 0 heterocycles. The molecule has 0 saturated heterocycles. The zero-order valence-corrected chi connectivity index (χ0v) is 11.1. The lowest BCUT2D eigenvalue weighted by Crippen LogP contribution is -2.43. The van der Waals surface area contributed by atoms with E-state index < -0.39 is 51.4 Å². The van der Waals surface area contributed by atoms with Crippen LogP contribution in [0.15, 0.2) is 0 Å². The monoisotopic (exact) mass is 306 g/mol. The first-order valence-corrected chi connectivity index (χ1v) is 7.20. The van der Waals surface area contributed by atoms with Gasteiger partial charge in [0.2, 0.25) is 0 Å². The van der Waals surface area contributed by atoms with Crippen molar-refractivity contribution in [1.82, 2.24) is 0 Å². The van der Waals surface area contributed by atoms with E-state index in [1.165, 1.54) is 0 Å². The Bertz CT molecular complexity index is 420. The third kappa shape index (κ3) is 6.21. The van der Waals surface area contributed by atoms with E-state index in [1.807, 2.05) is 0 Å². The molecule has 0 aliphatic rings. The van der Waals surface area contributed by atoms with Gasteiger partial charge in [-0.05, 0) is 19.8 Å². The molecule has 1 unspecified atom stereocenters. The van der Waals surface area contributed by atoms with Gasteiger partial charge in [-0.1, -0.05) is 0 Å². The second-order valence-corrected chi connectivity index (χ2v) is 6.92. The van der Waals surface area contributed by atoms with Gasteiger partial charge in [0, 0.05) is 21.2 Å². The Kier molecular flexibility index (Phi) is 5.78. The average Bonchev–Trinajstić information content (AvgIpc) is 2.22. The van der Waals surface area contributed by atoms with Crippen LogP contribution in [0, 0.1) is 4.78 Å². The normalized spacial score (nSPS) is 20.3. The van der Waals surface area contributed by atoms with Crippen molar-refractivity contribution < 1.29 is 32.4 Å². The highest BCUT2D eigenvalue weighted by atomic mass is 32.2. The Hall–Kier alpha value is -0.870. The summed E-state index contributed by atoms with van der Waals surface area (Å²) in [5.74, 6) is -2.43. The van der Waals surface area contributed by atoms with Crippen LogP contribution in [0.25, 0.3) is 0 Å². The molecule has 0 aliphatic heterocycles. The van der Waals surface area contributed by atoms with E-state index in [0.29, 0.717) is 6.92 Å². The van der Waals surface area contributed by atoms with Crippen molar-refractivity contribution in [3.05, 3.63) is 0 Å². The molecule has 6 nitrogen and oxygen atoms in total. The van der Waals surface area contributed by atoms with E-state index in [9.17, 15) is 22.2 Å². The number of halogens is 3. The molecule has 0 saturated carbocycles. The van der Waals surface area contributed by atoms with Gasteiger partial charge in [0.05, 0.1) is 0 Å². The number of carbonyl (C=O) groups is 1. The summed E-state index contributed by atoms with van der Waals surface area (Å²) >= 11 is 0. The molecule has 0 aromatic rings. The second-order valence-electron chi connectivity index (χ2n) is 4.48. The van der Waals surface area contributed by atoms with Crippen molar-refractivity contribution in [1.29, 1.82) is 4.78 Å². The first-order valence-electron chi connectivity index (χ1n) is 5.30. The van der Waals surface area contributed by atoms with Crippen LogP contribution in [0.4, 0.5) is 13.2 Å². The summed E-state index contributed by atoms with van der Waals surface area (Å²) < 4.78 is 56.0. The maximum Gasteiger partial charge on any atom is 0.416 e. The largest absolute Gasteiger partial charge is 0.480 e. The molecule has 3 atom stereocenters. The van der Waals surface area contributed by atoms with Crippen molar-refractivity contribution in [3.63, 3.8) is 0 Å². The van der Waals surface area contributed by atoms with Gasteiger partial charge in [-0.2, -0.15) is 13.2 Å². The van der Waals surface area contributed by atoms with E-state index in [2.05, 4.69) is 0 Å². The van der Waals surface area contributed by atoms with Crippen LogP contribution in [0.2, 0.25) is 0 Å². The first kappa shape index (κ1) is 18.1. The Morgan fingerprint density at radius 2 is 1.89 bits per heavy atom. The van der Waals surface area contributed by atoms with Gasteiger partial charge in [-0.25, -0.2) is 4.21 Å². The molecular formula is C9H17F3N2O4S. The zero-order chi connectivity index (χ0) is 15.5. The number of hydrogen-bond donors (Lipinski definition) is 4. The fourth-order valence-corrected chi connectivity index (χ4v) is 2.61. The van der Waals surface area contributed by atoms with Crippen LogP contribution in [-0.4, -0.2) is 49.7 Å². The third-order valence-corrected chi connectivity index (χ3v) is 4.36. The van der Waals surface area contributed by atoms with Crippen LogP contribution in [-0.2, 0) is 14.5 Å². The summed E-state index contributed by atoms with van der Waals surface area (Å²) in [6.07, 6.45) is -6.03. The number of carboxylic acids is 1. The molecule has 114 valence electrons. The molecule has 0 rings (SSSR count). The number of alkyl halides is 3. The lowest BCUT2D eigenvalue weighted by atomic mass is 10.0. The molecule has 0 bridgehead atoms. The maximum absolute atomic E-state index is 12.3. The zero-order valence-electron chi connectivity index (χ0n) is 10.2. The molecular weight excluding hydrogens is 289 g/mol. The highest BCUT2D eigenvalue weighted by Gasteiger charge is 2.49. The van der Waals surface area contributed by atoms with Crippen molar-refractivity contribution in [2.24, 2.45) is 5.73 Å². The number of nitrogens with one attached hydrogen (secondary N) is 1. The molecule has 0 aromatic heterocycles. The van der Waals surface area contributed by atoms with Crippen LogP contribution in [0.1, 0.15) is 19.8 Å². The lowest BCUT2D eigenvalue weighted by molar-refractivity contribution is -0.253. The van der Waals surface area contributed by atoms with Crippen LogP contribution >= 0.6 is 0 Å². The summed E-state index contributed by atoms with van der Waals surface area (Å²) in [5.41, 5.74) is 2.11. The average molecular weight is 306 g/mol. The molecule has 19 heavy (non-hydrogen) atoms. The molecule has 5 N–H and O–H groups in total. The highest BCUT2D eigenvalue weighted by Crippen LogP contribution is 2.32. The predicted molar refractivity (Wildman–Crippen MR) is 62.1 cm³/mol. The number of nitrogens with two attached hydrogens (primary N) is 1. The molecule has 0 aromatic carbocycles. The topological polar surface area (TPSA) is 124 Å². The Morgan fingerprint density at radius 1 is 1.42 bits per heavy atom. The standard InChI is InChI=1S/C9H17F3N2O4S/c1-8(17,9(10,11)12)3-5-19(14,18)4-2-6(13)7(15)16/h6,14,17H,2-5,13H2,1H3,(H,15,16)/t6-,8+,19?/m0/s1. The summed E-state index contributed by atoms with van der Waals surface area (Å²) in [6, 6.07) is -1.31. The molecule has 0 spiro atoms. The van der Waals surface area contributed by atoms with Gasteiger partial charge in [-0.3, -0.25) is 9.57 Å². The summed E-state index contributed by atoms with van der Waals surface area (Å²) in [5, 5.41) is 17.6. The van der Waals surface area contributed by atoms with E-state index in [4.69, 9.17) is 20.7 Å². The minimum Gasteiger partial charge on any atom is -0.480 e. The van der Waals surface area contributed by atoms with Gasteiger partial charge >= 0.3 is 12.1 Å². The summed E-state index contributed by atoms with van der Waals surface area (Å²) in [4.78, 5) is 10.4. The quantitative estimate of drug-likeness (QED) is 0.546. The lowest BCUT2D eigenvalue weighted by Gasteiger charge is -2.26. The Morgan fingerprint density at radius 3 is 2.26 bits per heavy atom. The van der Waals surface area contributed by atoms with Crippen molar-refractivity contribution in [2.75, 3.05) is 11.5 Å². The predicted octanol–water partition coefficient (Wildman–Crippen LogP) is 0.539. The minimum atomic E-state index is -4.88. The van der Waals surface area contributed by atoms with E-state index >= 15 is 0 Å². The molecule has 0 radical (unpaired) electrons. The number of carboxylic acid groups (broad SMARTS) is 1. The Labute approximate surface area is 108 Å². The van der Waals surface area contributed by atoms with E-state index in [0.717, 1.165) is 0 Å². The third-order valence-electron chi connectivity index (χ3n) is 2.61. The first-order chi connectivity index (χ1) is 8.28. The van der Waals surface area contributed by atoms with Gasteiger partial charge in [0.1, 0.15) is 6.04 Å². The van der Waals surface area contributed by atoms with Gasteiger partial charge < -0.3 is 15.9 Å². The highest BCUT2D eigenvalue weighted by molar-refractivity contribution is 7.92. The molecule has 0 aliphatic carbocycles. The van der Waals surface area contributed by atoms with Crippen LogP contribution < -0.4 is 5.73 Å². The van der Waals surface area contributed by atoms with Crippen molar-refractivity contribution in [2.45, 2.75) is 37.6 Å². The van der Waals surface area contributed by atoms with Gasteiger partial charge in [0.15, 0.2) is 5.60 Å². The van der Waals surface area contributed by atoms with E-state index in [-0.39, 0.29) is 6.42 Å². The van der Waals surface area contributed by atoms with E-state index in [1.54, 1.807) is 0 Å². The number of aliphatic carboxylic acids is 1. The second kappa shape index (κ2) is 6.06. The van der Waals surface area contributed by atoms with Crippen molar-refractivity contribution >= 4 is 15.7 Å². The number of aliphatic hydroxyl groups is 1. The van der Waals surface area contributed by atoms with Crippen LogP contribution in [0.3, 0.4) is 0 Å². The summed E-state index contributed by atoms with van der Waals surface area (Å²) in [6.45, 7) is 0.533.